The van der Waals surface area contributed by atoms with Crippen LogP contribution in [0.25, 0.3) is 0 Å². The highest BCUT2D eigenvalue weighted by Gasteiger charge is 2.31. The second-order valence-electron chi connectivity index (χ2n) is 5.61. The largest absolute Gasteiger partial charge is 0.337 e. The number of rotatable bonds is 2. The molecule has 1 aliphatic rings. The Balaban J connectivity index is 1.82. The third kappa shape index (κ3) is 2.61. The minimum Gasteiger partial charge on any atom is -0.337 e. The minimum absolute atomic E-state index is 0.140. The summed E-state index contributed by atoms with van der Waals surface area (Å²) in [4.78, 5) is 21.3. The number of carbonyl (C=O) groups is 1. The van der Waals surface area contributed by atoms with Gasteiger partial charge in [-0.1, -0.05) is 0 Å². The molecule has 1 atom stereocenters. The van der Waals surface area contributed by atoms with Crippen LogP contribution >= 0.6 is 11.3 Å². The molecule has 1 saturated heterocycles. The van der Waals surface area contributed by atoms with Gasteiger partial charge in [-0.25, -0.2) is 4.98 Å². The SMILES string of the molecule is Cc1cscc1C(=O)N1CCN(C)C(c2nccn2C)C1. The van der Waals surface area contributed by atoms with Crippen LogP contribution < -0.4 is 0 Å². The molecule has 1 amide bonds. The summed E-state index contributed by atoms with van der Waals surface area (Å²) in [6, 6.07) is 0.154. The van der Waals surface area contributed by atoms with Crippen LogP contribution in [0.1, 0.15) is 27.8 Å². The number of aryl methyl sites for hydroxylation is 2. The maximum absolute atomic E-state index is 12.7. The number of piperazine rings is 1. The first kappa shape index (κ1) is 14.3. The maximum Gasteiger partial charge on any atom is 0.255 e. The van der Waals surface area contributed by atoms with Crippen molar-refractivity contribution in [3.8, 4) is 0 Å². The molecule has 0 aromatic carbocycles. The third-order valence-corrected chi connectivity index (χ3v) is 5.04. The first-order chi connectivity index (χ1) is 10.1. The molecule has 3 rings (SSSR count). The molecule has 0 saturated carbocycles. The average molecular weight is 304 g/mol. The number of likely N-dealkylation sites (N-methyl/N-ethyl adjacent to an activating group) is 1. The molecule has 0 radical (unpaired) electrons. The third-order valence-electron chi connectivity index (χ3n) is 4.18. The molecule has 2 aromatic rings. The highest BCUT2D eigenvalue weighted by Crippen LogP contribution is 2.24. The Morgan fingerprint density at radius 2 is 2.14 bits per heavy atom. The van der Waals surface area contributed by atoms with E-state index in [1.54, 1.807) is 11.3 Å². The molecule has 0 spiro atoms. The molecule has 0 bridgehead atoms. The van der Waals surface area contributed by atoms with Gasteiger partial charge in [0, 0.05) is 44.5 Å². The summed E-state index contributed by atoms with van der Waals surface area (Å²) in [5.41, 5.74) is 1.90. The Morgan fingerprint density at radius 3 is 2.76 bits per heavy atom. The van der Waals surface area contributed by atoms with Gasteiger partial charge in [0.1, 0.15) is 5.82 Å². The van der Waals surface area contributed by atoms with E-state index in [2.05, 4.69) is 16.9 Å². The van der Waals surface area contributed by atoms with Crippen LogP contribution in [0, 0.1) is 6.92 Å². The number of aromatic nitrogens is 2. The summed E-state index contributed by atoms with van der Waals surface area (Å²) in [5.74, 6) is 1.15. The summed E-state index contributed by atoms with van der Waals surface area (Å²) in [7, 11) is 4.09. The first-order valence-corrected chi connectivity index (χ1v) is 8.01. The lowest BCUT2D eigenvalue weighted by molar-refractivity contribution is 0.0528. The average Bonchev–Trinajstić information content (AvgIpc) is 3.07. The predicted molar refractivity (Wildman–Crippen MR) is 83.5 cm³/mol. The Morgan fingerprint density at radius 1 is 1.33 bits per heavy atom. The number of imidazole rings is 1. The molecule has 0 N–H and O–H groups in total. The van der Waals surface area contributed by atoms with Crippen molar-refractivity contribution in [1.82, 2.24) is 19.4 Å². The summed E-state index contributed by atoms with van der Waals surface area (Å²) < 4.78 is 2.03. The van der Waals surface area contributed by atoms with Crippen LogP contribution in [0.3, 0.4) is 0 Å². The van der Waals surface area contributed by atoms with Crippen molar-refractivity contribution in [3.63, 3.8) is 0 Å². The van der Waals surface area contributed by atoms with E-state index in [0.717, 1.165) is 30.0 Å². The van der Waals surface area contributed by atoms with Crippen molar-refractivity contribution in [2.24, 2.45) is 7.05 Å². The highest BCUT2D eigenvalue weighted by molar-refractivity contribution is 7.08. The predicted octanol–water partition coefficient (Wildman–Crippen LogP) is 1.92. The molecular formula is C15H20N4OS. The number of carbonyl (C=O) groups excluding carboxylic acids is 1. The van der Waals surface area contributed by atoms with E-state index in [-0.39, 0.29) is 11.9 Å². The summed E-state index contributed by atoms with van der Waals surface area (Å²) in [5, 5.41) is 3.98. The van der Waals surface area contributed by atoms with Crippen molar-refractivity contribution in [2.45, 2.75) is 13.0 Å². The molecule has 2 aromatic heterocycles. The molecule has 3 heterocycles. The fourth-order valence-corrected chi connectivity index (χ4v) is 3.61. The lowest BCUT2D eigenvalue weighted by atomic mass is 10.1. The minimum atomic E-state index is 0.140. The smallest absolute Gasteiger partial charge is 0.255 e. The van der Waals surface area contributed by atoms with Crippen LogP contribution in [0.5, 0.6) is 0 Å². The fourth-order valence-electron chi connectivity index (χ4n) is 2.79. The van der Waals surface area contributed by atoms with Crippen LogP contribution in [0.4, 0.5) is 0 Å². The van der Waals surface area contributed by atoms with E-state index in [1.165, 1.54) is 0 Å². The van der Waals surface area contributed by atoms with Crippen LogP contribution in [-0.4, -0.2) is 51.9 Å². The molecule has 1 fully saturated rings. The molecule has 0 aliphatic carbocycles. The van der Waals surface area contributed by atoms with Gasteiger partial charge < -0.3 is 9.47 Å². The first-order valence-electron chi connectivity index (χ1n) is 7.07. The topological polar surface area (TPSA) is 41.4 Å². The second kappa shape index (κ2) is 5.61. The number of nitrogens with zero attached hydrogens (tertiary/aromatic N) is 4. The van der Waals surface area contributed by atoms with E-state index in [1.807, 2.05) is 46.6 Å². The zero-order chi connectivity index (χ0) is 15.0. The van der Waals surface area contributed by atoms with Gasteiger partial charge >= 0.3 is 0 Å². The van der Waals surface area contributed by atoms with Gasteiger partial charge in [-0.2, -0.15) is 11.3 Å². The zero-order valence-electron chi connectivity index (χ0n) is 12.6. The number of hydrogen-bond acceptors (Lipinski definition) is 4. The van der Waals surface area contributed by atoms with Gasteiger partial charge in [0.15, 0.2) is 0 Å². The van der Waals surface area contributed by atoms with E-state index in [0.29, 0.717) is 6.54 Å². The van der Waals surface area contributed by atoms with Crippen molar-refractivity contribution < 1.29 is 4.79 Å². The molecule has 6 heteroatoms. The van der Waals surface area contributed by atoms with Gasteiger partial charge in [-0.05, 0) is 24.9 Å². The summed E-state index contributed by atoms with van der Waals surface area (Å²) >= 11 is 1.59. The molecule has 1 aliphatic heterocycles. The van der Waals surface area contributed by atoms with E-state index in [4.69, 9.17) is 0 Å². The lowest BCUT2D eigenvalue weighted by Crippen LogP contribution is -2.49. The maximum atomic E-state index is 12.7. The van der Waals surface area contributed by atoms with Gasteiger partial charge in [-0.15, -0.1) is 0 Å². The van der Waals surface area contributed by atoms with Crippen molar-refractivity contribution >= 4 is 17.2 Å². The number of thiophene rings is 1. The van der Waals surface area contributed by atoms with E-state index < -0.39 is 0 Å². The molecule has 5 nitrogen and oxygen atoms in total. The lowest BCUT2D eigenvalue weighted by Gasteiger charge is -2.39. The monoisotopic (exact) mass is 304 g/mol. The Kier molecular flexibility index (Phi) is 3.82. The van der Waals surface area contributed by atoms with Gasteiger partial charge in [0.25, 0.3) is 5.91 Å². The Bertz CT molecular complexity index is 648. The molecule has 1 unspecified atom stereocenters. The summed E-state index contributed by atoms with van der Waals surface area (Å²) in [6.07, 6.45) is 3.76. The van der Waals surface area contributed by atoms with Gasteiger partial charge in [0.2, 0.25) is 0 Å². The van der Waals surface area contributed by atoms with Crippen molar-refractivity contribution in [3.05, 3.63) is 40.1 Å². The standard InChI is InChI=1S/C15H20N4OS/c1-11-9-21-10-12(11)15(20)19-7-6-17(2)13(8-19)14-16-4-5-18(14)3/h4-5,9-10,13H,6-8H2,1-3H3. The van der Waals surface area contributed by atoms with Crippen molar-refractivity contribution in [1.29, 1.82) is 0 Å². The zero-order valence-corrected chi connectivity index (χ0v) is 13.4. The normalized spacial score (nSPS) is 20.0. The van der Waals surface area contributed by atoms with Crippen LogP contribution in [0.2, 0.25) is 0 Å². The molecular weight excluding hydrogens is 284 g/mol. The number of hydrogen-bond donors (Lipinski definition) is 0. The van der Waals surface area contributed by atoms with Crippen LogP contribution in [0.15, 0.2) is 23.2 Å². The van der Waals surface area contributed by atoms with E-state index >= 15 is 0 Å². The Hall–Kier alpha value is -1.66. The van der Waals surface area contributed by atoms with Crippen molar-refractivity contribution in [2.75, 3.05) is 26.7 Å². The fraction of sp³-hybridized carbons (Fsp3) is 0.467. The quantitative estimate of drug-likeness (QED) is 0.851. The Labute approximate surface area is 128 Å². The number of amides is 1. The highest BCUT2D eigenvalue weighted by atomic mass is 32.1. The second-order valence-corrected chi connectivity index (χ2v) is 6.36. The molecule has 21 heavy (non-hydrogen) atoms. The van der Waals surface area contributed by atoms with Gasteiger partial charge in [-0.3, -0.25) is 9.69 Å². The molecule has 112 valence electrons. The van der Waals surface area contributed by atoms with Gasteiger partial charge in [0.05, 0.1) is 11.6 Å². The van der Waals surface area contributed by atoms with E-state index in [9.17, 15) is 4.79 Å². The summed E-state index contributed by atoms with van der Waals surface area (Å²) in [6.45, 7) is 4.32. The van der Waals surface area contributed by atoms with Crippen LogP contribution in [-0.2, 0) is 7.05 Å².